The number of aliphatic hydroxyl groups excluding tert-OH is 2. The number of unbranched alkanes of at least 4 members (excludes halogenated alkanes) is 1. The van der Waals surface area contributed by atoms with E-state index in [0.717, 1.165) is 19.4 Å². The zero-order valence-corrected chi connectivity index (χ0v) is 11.2. The summed E-state index contributed by atoms with van der Waals surface area (Å²) in [6, 6.07) is 0. The summed E-state index contributed by atoms with van der Waals surface area (Å²) in [6.07, 6.45) is 2.56. The molecule has 2 N–H and O–H groups in total. The molecule has 2 unspecified atom stereocenters. The van der Waals surface area contributed by atoms with Gasteiger partial charge in [-0.2, -0.15) is 0 Å². The van der Waals surface area contributed by atoms with Gasteiger partial charge in [-0.05, 0) is 24.7 Å². The van der Waals surface area contributed by atoms with Gasteiger partial charge >= 0.3 is 0 Å². The molecule has 0 aliphatic rings. The van der Waals surface area contributed by atoms with Crippen LogP contribution in [0.4, 0.5) is 0 Å². The van der Waals surface area contributed by atoms with E-state index in [1.54, 1.807) is 0 Å². The van der Waals surface area contributed by atoms with Crippen LogP contribution in [0.5, 0.6) is 0 Å². The molecule has 0 aromatic rings. The minimum absolute atomic E-state index is 0.108. The van der Waals surface area contributed by atoms with Gasteiger partial charge in [-0.1, -0.05) is 34.1 Å². The van der Waals surface area contributed by atoms with Gasteiger partial charge in [0, 0.05) is 6.61 Å². The van der Waals surface area contributed by atoms with Crippen molar-refractivity contribution in [2.75, 3.05) is 13.2 Å². The van der Waals surface area contributed by atoms with Gasteiger partial charge in [-0.25, -0.2) is 0 Å². The number of hydrogen-bond acceptors (Lipinski definition) is 3. The first kappa shape index (κ1) is 15.9. The van der Waals surface area contributed by atoms with E-state index in [2.05, 4.69) is 6.92 Å². The van der Waals surface area contributed by atoms with E-state index in [-0.39, 0.29) is 11.5 Å². The quantitative estimate of drug-likeness (QED) is 0.632. The summed E-state index contributed by atoms with van der Waals surface area (Å²) in [6.45, 7) is 9.22. The van der Waals surface area contributed by atoms with Gasteiger partial charge in [0.15, 0.2) is 0 Å². The first-order chi connectivity index (χ1) is 7.38. The smallest absolute Gasteiger partial charge is 0.0774 e. The number of rotatable bonds is 8. The predicted octanol–water partition coefficient (Wildman–Crippen LogP) is 2.35. The van der Waals surface area contributed by atoms with Crippen LogP contribution in [0.2, 0.25) is 0 Å². The first-order valence-corrected chi connectivity index (χ1v) is 6.31. The van der Waals surface area contributed by atoms with Crippen molar-refractivity contribution in [1.82, 2.24) is 0 Å². The second-order valence-corrected chi connectivity index (χ2v) is 5.54. The van der Waals surface area contributed by atoms with Gasteiger partial charge in [0.05, 0.1) is 18.8 Å². The summed E-state index contributed by atoms with van der Waals surface area (Å²) in [4.78, 5) is 0. The highest BCUT2D eigenvalue weighted by Crippen LogP contribution is 2.23. The molecule has 0 bridgehead atoms. The molecule has 0 spiro atoms. The molecule has 0 saturated carbocycles. The van der Waals surface area contributed by atoms with E-state index in [9.17, 15) is 10.2 Å². The lowest BCUT2D eigenvalue weighted by atomic mass is 9.86. The zero-order chi connectivity index (χ0) is 12.6. The molecule has 0 saturated heterocycles. The highest BCUT2D eigenvalue weighted by molar-refractivity contribution is 4.73. The monoisotopic (exact) mass is 232 g/mol. The van der Waals surface area contributed by atoms with Crippen LogP contribution in [-0.4, -0.2) is 35.6 Å². The topological polar surface area (TPSA) is 49.7 Å². The second-order valence-electron chi connectivity index (χ2n) is 5.54. The average Bonchev–Trinajstić information content (AvgIpc) is 2.19. The average molecular weight is 232 g/mol. The summed E-state index contributed by atoms with van der Waals surface area (Å²) < 4.78 is 5.32. The number of aliphatic hydroxyl groups is 2. The van der Waals surface area contributed by atoms with Crippen molar-refractivity contribution in [2.24, 2.45) is 5.41 Å². The van der Waals surface area contributed by atoms with Crippen LogP contribution in [-0.2, 0) is 4.74 Å². The Morgan fingerprint density at radius 3 is 2.25 bits per heavy atom. The molecule has 0 aromatic carbocycles. The number of ether oxygens (including phenoxy) is 1. The van der Waals surface area contributed by atoms with Crippen molar-refractivity contribution < 1.29 is 14.9 Å². The van der Waals surface area contributed by atoms with Crippen LogP contribution in [0.15, 0.2) is 0 Å². The first-order valence-electron chi connectivity index (χ1n) is 6.31. The summed E-state index contributed by atoms with van der Waals surface area (Å²) in [7, 11) is 0. The molecule has 0 heterocycles. The molecule has 16 heavy (non-hydrogen) atoms. The van der Waals surface area contributed by atoms with E-state index >= 15 is 0 Å². The Bertz CT molecular complexity index is 163. The van der Waals surface area contributed by atoms with Crippen molar-refractivity contribution in [2.45, 2.75) is 65.6 Å². The van der Waals surface area contributed by atoms with Crippen molar-refractivity contribution in [1.29, 1.82) is 0 Å². The van der Waals surface area contributed by atoms with E-state index < -0.39 is 6.10 Å². The van der Waals surface area contributed by atoms with Crippen LogP contribution in [0.1, 0.15) is 53.4 Å². The Hall–Kier alpha value is -0.120. The fraction of sp³-hybridized carbons (Fsp3) is 1.00. The van der Waals surface area contributed by atoms with Crippen molar-refractivity contribution in [3.8, 4) is 0 Å². The Kier molecular flexibility index (Phi) is 7.98. The minimum Gasteiger partial charge on any atom is -0.393 e. The molecule has 0 rings (SSSR count). The Balaban J connectivity index is 3.53. The van der Waals surface area contributed by atoms with E-state index in [1.807, 2.05) is 20.8 Å². The van der Waals surface area contributed by atoms with Crippen molar-refractivity contribution in [3.63, 3.8) is 0 Å². The van der Waals surface area contributed by atoms with Gasteiger partial charge in [0.25, 0.3) is 0 Å². The lowest BCUT2D eigenvalue weighted by Gasteiger charge is -2.26. The maximum Gasteiger partial charge on any atom is 0.0774 e. The standard InChI is InChI=1S/C13H28O3/c1-5-6-9-16-10-11(14)7-8-12(15)13(2,3)4/h11-12,14-15H,5-10H2,1-4H3. The molecular formula is C13H28O3. The van der Waals surface area contributed by atoms with Crippen LogP contribution in [0.25, 0.3) is 0 Å². The summed E-state index contributed by atoms with van der Waals surface area (Å²) in [5.74, 6) is 0. The van der Waals surface area contributed by atoms with Gasteiger partial charge in [0.1, 0.15) is 0 Å². The molecule has 0 aliphatic carbocycles. The lowest BCUT2D eigenvalue weighted by Crippen LogP contribution is -2.28. The molecule has 0 aromatic heterocycles. The third kappa shape index (κ3) is 8.08. The van der Waals surface area contributed by atoms with Crippen molar-refractivity contribution >= 4 is 0 Å². The van der Waals surface area contributed by atoms with Gasteiger partial charge < -0.3 is 14.9 Å². The molecule has 3 nitrogen and oxygen atoms in total. The molecule has 98 valence electrons. The molecule has 2 atom stereocenters. The fourth-order valence-electron chi connectivity index (χ4n) is 1.33. The van der Waals surface area contributed by atoms with Crippen LogP contribution >= 0.6 is 0 Å². The van der Waals surface area contributed by atoms with E-state index in [1.165, 1.54) is 0 Å². The van der Waals surface area contributed by atoms with E-state index in [4.69, 9.17) is 4.74 Å². The maximum absolute atomic E-state index is 9.79. The third-order valence-corrected chi connectivity index (χ3v) is 2.73. The SMILES string of the molecule is CCCCOCC(O)CCC(O)C(C)(C)C. The molecule has 3 heteroatoms. The lowest BCUT2D eigenvalue weighted by molar-refractivity contribution is 0.00654. The summed E-state index contributed by atoms with van der Waals surface area (Å²) in [5.41, 5.74) is -0.108. The van der Waals surface area contributed by atoms with Crippen LogP contribution < -0.4 is 0 Å². The van der Waals surface area contributed by atoms with Gasteiger partial charge in [-0.15, -0.1) is 0 Å². The molecule has 0 amide bonds. The summed E-state index contributed by atoms with van der Waals surface area (Å²) >= 11 is 0. The predicted molar refractivity (Wildman–Crippen MR) is 66.4 cm³/mol. The Labute approximate surface area is 99.8 Å². The molecule has 0 aliphatic heterocycles. The highest BCUT2D eigenvalue weighted by Gasteiger charge is 2.22. The Morgan fingerprint density at radius 2 is 1.75 bits per heavy atom. The van der Waals surface area contributed by atoms with Crippen molar-refractivity contribution in [3.05, 3.63) is 0 Å². The third-order valence-electron chi connectivity index (χ3n) is 2.73. The van der Waals surface area contributed by atoms with E-state index in [0.29, 0.717) is 19.4 Å². The Morgan fingerprint density at radius 1 is 1.12 bits per heavy atom. The fourth-order valence-corrected chi connectivity index (χ4v) is 1.33. The maximum atomic E-state index is 9.79. The second kappa shape index (κ2) is 8.04. The normalized spacial score (nSPS) is 16.1. The largest absolute Gasteiger partial charge is 0.393 e. The molecular weight excluding hydrogens is 204 g/mol. The zero-order valence-electron chi connectivity index (χ0n) is 11.2. The number of hydrogen-bond donors (Lipinski definition) is 2. The van der Waals surface area contributed by atoms with Gasteiger partial charge in [0.2, 0.25) is 0 Å². The van der Waals surface area contributed by atoms with Crippen LogP contribution in [0.3, 0.4) is 0 Å². The minimum atomic E-state index is -0.450. The van der Waals surface area contributed by atoms with Gasteiger partial charge in [-0.3, -0.25) is 0 Å². The molecule has 0 radical (unpaired) electrons. The molecule has 0 fully saturated rings. The summed E-state index contributed by atoms with van der Waals surface area (Å²) in [5, 5.41) is 19.4. The van der Waals surface area contributed by atoms with Crippen LogP contribution in [0, 0.1) is 5.41 Å². The highest BCUT2D eigenvalue weighted by atomic mass is 16.5.